The van der Waals surface area contributed by atoms with Gasteiger partial charge in [0, 0.05) is 24.3 Å². The largest absolute Gasteiger partial charge is 0.367 e. The molecule has 1 aromatic heterocycles. The Hall–Kier alpha value is -1.24. The second-order valence-corrected chi connectivity index (χ2v) is 5.95. The van der Waals surface area contributed by atoms with Gasteiger partial charge in [-0.25, -0.2) is 15.8 Å². The van der Waals surface area contributed by atoms with E-state index >= 15 is 0 Å². The quantitative estimate of drug-likeness (QED) is 0.643. The molecule has 2 unspecified atom stereocenters. The minimum atomic E-state index is -0.0462. The number of morpholine rings is 1. The van der Waals surface area contributed by atoms with Crippen LogP contribution in [-0.4, -0.2) is 40.6 Å². The van der Waals surface area contributed by atoms with Gasteiger partial charge in [0.25, 0.3) is 0 Å². The van der Waals surface area contributed by atoms with Crippen LogP contribution in [0.25, 0.3) is 0 Å². The Kier molecular flexibility index (Phi) is 3.87. The van der Waals surface area contributed by atoms with Crippen LogP contribution in [0, 0.1) is 0 Å². The number of anilines is 1. The van der Waals surface area contributed by atoms with Crippen molar-refractivity contribution in [2.75, 3.05) is 25.1 Å². The van der Waals surface area contributed by atoms with Crippen LogP contribution >= 0.6 is 0 Å². The lowest BCUT2D eigenvalue weighted by molar-refractivity contribution is -0.0541. The number of hydrogen-bond donors (Lipinski definition) is 2. The number of hydrazine groups is 1. The molecular formula is C14H23N5O. The van der Waals surface area contributed by atoms with Gasteiger partial charge in [-0.2, -0.15) is 0 Å². The molecular weight excluding hydrogens is 254 g/mol. The molecule has 0 amide bonds. The summed E-state index contributed by atoms with van der Waals surface area (Å²) in [6.07, 6.45) is 2.47. The van der Waals surface area contributed by atoms with Gasteiger partial charge in [0.2, 0.25) is 0 Å². The molecule has 0 radical (unpaired) electrons. The van der Waals surface area contributed by atoms with Crippen molar-refractivity contribution in [3.63, 3.8) is 0 Å². The Morgan fingerprint density at radius 3 is 3.05 bits per heavy atom. The molecule has 2 atom stereocenters. The second-order valence-electron chi connectivity index (χ2n) is 5.95. The number of nitrogens with two attached hydrogens (primary N) is 1. The van der Waals surface area contributed by atoms with Gasteiger partial charge < -0.3 is 10.2 Å². The summed E-state index contributed by atoms with van der Waals surface area (Å²) in [6.45, 7) is 7.06. The van der Waals surface area contributed by atoms with Crippen molar-refractivity contribution in [3.05, 3.63) is 17.6 Å². The maximum Gasteiger partial charge on any atom is 0.161 e. The smallest absolute Gasteiger partial charge is 0.161 e. The van der Waals surface area contributed by atoms with Crippen molar-refractivity contribution in [2.45, 2.75) is 44.8 Å². The van der Waals surface area contributed by atoms with Crippen LogP contribution in [0.15, 0.2) is 6.07 Å². The zero-order valence-corrected chi connectivity index (χ0v) is 12.2. The van der Waals surface area contributed by atoms with Crippen molar-refractivity contribution >= 4 is 5.82 Å². The maximum atomic E-state index is 5.98. The van der Waals surface area contributed by atoms with Crippen molar-refractivity contribution in [2.24, 2.45) is 5.84 Å². The molecule has 6 heteroatoms. The molecule has 2 aliphatic rings. The summed E-state index contributed by atoms with van der Waals surface area (Å²) < 4.78 is 5.98. The third kappa shape index (κ3) is 2.63. The number of nitrogens with one attached hydrogen (secondary N) is 1. The summed E-state index contributed by atoms with van der Waals surface area (Å²) in [5, 5.41) is 0. The van der Waals surface area contributed by atoms with E-state index in [-0.39, 0.29) is 6.10 Å². The van der Waals surface area contributed by atoms with Crippen LogP contribution in [-0.2, 0) is 4.74 Å². The van der Waals surface area contributed by atoms with Gasteiger partial charge in [-0.15, -0.1) is 0 Å². The lowest BCUT2D eigenvalue weighted by Crippen LogP contribution is -2.43. The van der Waals surface area contributed by atoms with Crippen molar-refractivity contribution < 1.29 is 4.74 Å². The third-order valence-electron chi connectivity index (χ3n) is 4.18. The van der Waals surface area contributed by atoms with Gasteiger partial charge in [-0.3, -0.25) is 4.90 Å². The minimum Gasteiger partial charge on any atom is -0.367 e. The van der Waals surface area contributed by atoms with Crippen LogP contribution in [0.4, 0.5) is 5.82 Å². The molecule has 0 saturated carbocycles. The van der Waals surface area contributed by atoms with Crippen LogP contribution in [0.5, 0.6) is 0 Å². The molecule has 2 fully saturated rings. The van der Waals surface area contributed by atoms with E-state index in [1.807, 2.05) is 6.07 Å². The Morgan fingerprint density at radius 1 is 1.45 bits per heavy atom. The molecule has 110 valence electrons. The maximum absolute atomic E-state index is 5.98. The fraction of sp³-hybridized carbons (Fsp3) is 0.714. The summed E-state index contributed by atoms with van der Waals surface area (Å²) in [5.74, 6) is 7.25. The van der Waals surface area contributed by atoms with Gasteiger partial charge in [0.05, 0.1) is 6.61 Å². The van der Waals surface area contributed by atoms with E-state index in [1.165, 1.54) is 12.8 Å². The highest BCUT2D eigenvalue weighted by molar-refractivity contribution is 5.35. The first-order chi connectivity index (χ1) is 9.67. The SMILES string of the molecule is CC(C)c1cc(NN)nc(C2CN3CCCC3CO2)n1. The highest BCUT2D eigenvalue weighted by Gasteiger charge is 2.34. The zero-order chi connectivity index (χ0) is 14.1. The zero-order valence-electron chi connectivity index (χ0n) is 12.2. The summed E-state index contributed by atoms with van der Waals surface area (Å²) in [5.41, 5.74) is 3.62. The van der Waals surface area contributed by atoms with E-state index in [2.05, 4.69) is 34.1 Å². The Labute approximate surface area is 119 Å². The molecule has 2 aliphatic heterocycles. The molecule has 0 aromatic carbocycles. The number of hydrogen-bond acceptors (Lipinski definition) is 6. The average molecular weight is 277 g/mol. The third-order valence-corrected chi connectivity index (χ3v) is 4.18. The molecule has 0 aliphatic carbocycles. The first-order valence-electron chi connectivity index (χ1n) is 7.38. The monoisotopic (exact) mass is 277 g/mol. The average Bonchev–Trinajstić information content (AvgIpc) is 2.94. The summed E-state index contributed by atoms with van der Waals surface area (Å²) in [4.78, 5) is 11.6. The molecule has 6 nitrogen and oxygen atoms in total. The number of rotatable bonds is 3. The fourth-order valence-corrected chi connectivity index (χ4v) is 2.97. The molecule has 1 aromatic rings. The predicted molar refractivity (Wildman–Crippen MR) is 77.2 cm³/mol. The van der Waals surface area contributed by atoms with Gasteiger partial charge in [-0.1, -0.05) is 13.8 Å². The molecule has 20 heavy (non-hydrogen) atoms. The van der Waals surface area contributed by atoms with Gasteiger partial charge in [0.1, 0.15) is 11.9 Å². The predicted octanol–water partition coefficient (Wildman–Crippen LogP) is 1.42. The topological polar surface area (TPSA) is 76.3 Å². The summed E-state index contributed by atoms with van der Waals surface area (Å²) in [7, 11) is 0. The number of aromatic nitrogens is 2. The molecule has 0 bridgehead atoms. The van der Waals surface area contributed by atoms with E-state index in [0.29, 0.717) is 17.8 Å². The van der Waals surface area contributed by atoms with Gasteiger partial charge >= 0.3 is 0 Å². The van der Waals surface area contributed by atoms with Gasteiger partial charge in [-0.05, 0) is 25.3 Å². The lowest BCUT2D eigenvalue weighted by Gasteiger charge is -2.34. The van der Waals surface area contributed by atoms with Crippen LogP contribution in [0.1, 0.15) is 50.2 Å². The Balaban J connectivity index is 1.83. The molecule has 2 saturated heterocycles. The normalized spacial score (nSPS) is 26.8. The lowest BCUT2D eigenvalue weighted by atomic mass is 10.1. The second kappa shape index (κ2) is 5.63. The molecule has 3 N–H and O–H groups in total. The van der Waals surface area contributed by atoms with Crippen molar-refractivity contribution in [3.8, 4) is 0 Å². The first kappa shape index (κ1) is 13.7. The highest BCUT2D eigenvalue weighted by atomic mass is 16.5. The number of nitrogen functional groups attached to an aromatic ring is 1. The van der Waals surface area contributed by atoms with E-state index in [9.17, 15) is 0 Å². The fourth-order valence-electron chi connectivity index (χ4n) is 2.97. The van der Waals surface area contributed by atoms with Crippen molar-refractivity contribution in [1.82, 2.24) is 14.9 Å². The highest BCUT2D eigenvalue weighted by Crippen LogP contribution is 2.29. The van der Waals surface area contributed by atoms with E-state index in [4.69, 9.17) is 10.6 Å². The van der Waals surface area contributed by atoms with Crippen LogP contribution in [0.3, 0.4) is 0 Å². The van der Waals surface area contributed by atoms with Crippen molar-refractivity contribution in [1.29, 1.82) is 0 Å². The van der Waals surface area contributed by atoms with E-state index in [0.717, 1.165) is 31.2 Å². The minimum absolute atomic E-state index is 0.0462. The Bertz CT molecular complexity index is 479. The van der Waals surface area contributed by atoms with E-state index in [1.54, 1.807) is 0 Å². The van der Waals surface area contributed by atoms with Crippen LogP contribution in [0.2, 0.25) is 0 Å². The van der Waals surface area contributed by atoms with E-state index < -0.39 is 0 Å². The number of fused-ring (bicyclic) bond motifs is 1. The molecule has 3 rings (SSSR count). The standard InChI is InChI=1S/C14H23N5O/c1-9(2)11-6-13(18-15)17-14(16-11)12-7-19-5-3-4-10(19)8-20-12/h6,9-10,12H,3-5,7-8,15H2,1-2H3,(H,16,17,18). The van der Waals surface area contributed by atoms with Gasteiger partial charge in [0.15, 0.2) is 5.82 Å². The molecule has 0 spiro atoms. The Morgan fingerprint density at radius 2 is 2.30 bits per heavy atom. The molecule has 3 heterocycles. The number of ether oxygens (including phenoxy) is 1. The van der Waals surface area contributed by atoms with Crippen LogP contribution < -0.4 is 11.3 Å². The summed E-state index contributed by atoms with van der Waals surface area (Å²) >= 11 is 0. The number of nitrogens with zero attached hydrogens (tertiary/aromatic N) is 3. The first-order valence-corrected chi connectivity index (χ1v) is 7.38. The summed E-state index contributed by atoms with van der Waals surface area (Å²) in [6, 6.07) is 2.49.